The highest BCUT2D eigenvalue weighted by molar-refractivity contribution is 5.83. The molecule has 0 saturated heterocycles. The molecule has 2 nitrogen and oxygen atoms in total. The van der Waals surface area contributed by atoms with E-state index in [0.717, 1.165) is 18.4 Å². The first-order valence-electron chi connectivity index (χ1n) is 10.1. The van der Waals surface area contributed by atoms with E-state index in [1.165, 1.54) is 48.0 Å². The lowest BCUT2D eigenvalue weighted by Crippen LogP contribution is -2.06. The van der Waals surface area contributed by atoms with Gasteiger partial charge >= 0.3 is 0 Å². The van der Waals surface area contributed by atoms with E-state index in [-0.39, 0.29) is 5.78 Å². The smallest absolute Gasteiger partial charge is 0.129 e. The molecule has 0 amide bonds. The van der Waals surface area contributed by atoms with Crippen LogP contribution in [-0.2, 0) is 4.79 Å². The molecule has 3 rings (SSSR count). The molecule has 0 aliphatic heterocycles. The molecule has 1 saturated carbocycles. The highest BCUT2D eigenvalue weighted by atomic mass is 16.3. The Kier molecular flexibility index (Phi) is 6.49. The topological polar surface area (TPSA) is 37.3 Å². The number of phenolic OH excluding ortho intramolecular Hbond substituents is 1. The fraction of sp³-hybridized carbons (Fsp3) is 0.400. The number of allylic oxidation sites excluding steroid dienone is 1. The van der Waals surface area contributed by atoms with Gasteiger partial charge in [0.2, 0.25) is 0 Å². The molecule has 0 radical (unpaired) electrons. The Morgan fingerprint density at radius 1 is 0.926 bits per heavy atom. The van der Waals surface area contributed by atoms with Crippen LogP contribution in [0.3, 0.4) is 0 Å². The van der Waals surface area contributed by atoms with Gasteiger partial charge in [-0.1, -0.05) is 60.4 Å². The number of hydrogen-bond acceptors (Lipinski definition) is 2. The van der Waals surface area contributed by atoms with Crippen LogP contribution < -0.4 is 0 Å². The second-order valence-electron chi connectivity index (χ2n) is 7.85. The zero-order valence-electron chi connectivity index (χ0n) is 16.5. The maximum atomic E-state index is 11.5. The summed E-state index contributed by atoms with van der Waals surface area (Å²) in [6.07, 6.45) is 7.58. The predicted octanol–water partition coefficient (Wildman–Crippen LogP) is 6.45. The number of carbonyl (C=O) groups excluding carboxylic acids is 1. The largest absolute Gasteiger partial charge is 0.508 e. The number of benzene rings is 2. The van der Waals surface area contributed by atoms with Crippen LogP contribution in [0.2, 0.25) is 0 Å². The van der Waals surface area contributed by atoms with Crippen molar-refractivity contribution in [2.45, 2.75) is 58.8 Å². The van der Waals surface area contributed by atoms with E-state index < -0.39 is 0 Å². The van der Waals surface area contributed by atoms with Gasteiger partial charge in [0.15, 0.2) is 0 Å². The molecule has 1 aliphatic carbocycles. The summed E-state index contributed by atoms with van der Waals surface area (Å²) in [6, 6.07) is 16.3. The molecule has 0 spiro atoms. The van der Waals surface area contributed by atoms with E-state index in [0.29, 0.717) is 18.1 Å². The Bertz CT molecular complexity index is 744. The van der Waals surface area contributed by atoms with Gasteiger partial charge in [-0.15, -0.1) is 0 Å². The SMILES string of the molecule is CC(=O)CCC/C(=C(/c1ccc(C)cc1)c1ccc(O)cc1)C1CCCC1. The second kappa shape index (κ2) is 9.03. The first-order chi connectivity index (χ1) is 13.0. The van der Waals surface area contributed by atoms with E-state index in [9.17, 15) is 9.90 Å². The van der Waals surface area contributed by atoms with Crippen molar-refractivity contribution in [2.24, 2.45) is 5.92 Å². The molecule has 1 N–H and O–H groups in total. The van der Waals surface area contributed by atoms with Gasteiger partial charge in [0.05, 0.1) is 0 Å². The minimum atomic E-state index is 0.266. The van der Waals surface area contributed by atoms with Gasteiger partial charge in [0.25, 0.3) is 0 Å². The maximum absolute atomic E-state index is 11.5. The summed E-state index contributed by atoms with van der Waals surface area (Å²) in [4.78, 5) is 11.5. The van der Waals surface area contributed by atoms with E-state index in [2.05, 4.69) is 31.2 Å². The first kappa shape index (κ1) is 19.4. The average molecular weight is 363 g/mol. The van der Waals surface area contributed by atoms with Crippen molar-refractivity contribution in [3.05, 3.63) is 70.8 Å². The van der Waals surface area contributed by atoms with Gasteiger partial charge in [-0.05, 0) is 74.3 Å². The van der Waals surface area contributed by atoms with Crippen LogP contribution in [0.1, 0.15) is 68.6 Å². The van der Waals surface area contributed by atoms with E-state index in [4.69, 9.17) is 0 Å². The normalized spacial score (nSPS) is 15.6. The maximum Gasteiger partial charge on any atom is 0.129 e. The van der Waals surface area contributed by atoms with Crippen molar-refractivity contribution in [3.8, 4) is 5.75 Å². The molecule has 0 unspecified atom stereocenters. The highest BCUT2D eigenvalue weighted by Crippen LogP contribution is 2.40. The lowest BCUT2D eigenvalue weighted by molar-refractivity contribution is -0.117. The van der Waals surface area contributed by atoms with E-state index in [1.807, 2.05) is 12.1 Å². The number of Topliss-reactive ketones (excluding diaryl/α,β-unsaturated/α-hetero) is 1. The van der Waals surface area contributed by atoms with Crippen molar-refractivity contribution in [2.75, 3.05) is 0 Å². The minimum Gasteiger partial charge on any atom is -0.508 e. The molecule has 0 bridgehead atoms. The molecule has 2 aromatic carbocycles. The Balaban J connectivity index is 2.09. The van der Waals surface area contributed by atoms with Gasteiger partial charge in [-0.2, -0.15) is 0 Å². The van der Waals surface area contributed by atoms with Crippen molar-refractivity contribution in [3.63, 3.8) is 0 Å². The summed E-state index contributed by atoms with van der Waals surface area (Å²) < 4.78 is 0. The molecular weight excluding hydrogens is 332 g/mol. The molecule has 1 aliphatic rings. The van der Waals surface area contributed by atoms with Gasteiger partial charge in [-0.25, -0.2) is 0 Å². The van der Waals surface area contributed by atoms with Crippen LogP contribution in [0.4, 0.5) is 0 Å². The van der Waals surface area contributed by atoms with Crippen molar-refractivity contribution >= 4 is 11.4 Å². The number of rotatable bonds is 7. The lowest BCUT2D eigenvalue weighted by atomic mass is 9.83. The third-order valence-electron chi connectivity index (χ3n) is 5.64. The summed E-state index contributed by atoms with van der Waals surface area (Å²) in [6.45, 7) is 3.79. The zero-order valence-corrected chi connectivity index (χ0v) is 16.5. The zero-order chi connectivity index (χ0) is 19.2. The predicted molar refractivity (Wildman–Crippen MR) is 112 cm³/mol. The van der Waals surface area contributed by atoms with E-state index >= 15 is 0 Å². The quantitative estimate of drug-likeness (QED) is 0.614. The van der Waals surface area contributed by atoms with Crippen molar-refractivity contribution in [1.29, 1.82) is 0 Å². The summed E-state index contributed by atoms with van der Waals surface area (Å²) in [5, 5.41) is 9.74. The Morgan fingerprint density at radius 3 is 2.04 bits per heavy atom. The number of ketones is 1. The first-order valence-corrected chi connectivity index (χ1v) is 10.1. The number of aromatic hydroxyl groups is 1. The monoisotopic (exact) mass is 362 g/mol. The molecular formula is C25H30O2. The minimum absolute atomic E-state index is 0.266. The molecule has 142 valence electrons. The third-order valence-corrected chi connectivity index (χ3v) is 5.64. The van der Waals surface area contributed by atoms with Gasteiger partial charge < -0.3 is 9.90 Å². The Morgan fingerprint density at radius 2 is 1.48 bits per heavy atom. The van der Waals surface area contributed by atoms with Crippen LogP contribution in [-0.4, -0.2) is 10.9 Å². The number of hydrogen-bond donors (Lipinski definition) is 1. The van der Waals surface area contributed by atoms with Crippen LogP contribution >= 0.6 is 0 Å². The highest BCUT2D eigenvalue weighted by Gasteiger charge is 2.23. The summed E-state index contributed by atoms with van der Waals surface area (Å²) in [5.41, 5.74) is 6.42. The van der Waals surface area contributed by atoms with Crippen molar-refractivity contribution < 1.29 is 9.90 Å². The molecule has 0 heterocycles. The Hall–Kier alpha value is -2.35. The molecule has 2 aromatic rings. The molecule has 2 heteroatoms. The number of carbonyl (C=O) groups is 1. The van der Waals surface area contributed by atoms with Gasteiger partial charge in [0, 0.05) is 6.42 Å². The molecule has 0 atom stereocenters. The van der Waals surface area contributed by atoms with Gasteiger partial charge in [0.1, 0.15) is 11.5 Å². The van der Waals surface area contributed by atoms with Crippen LogP contribution in [0, 0.1) is 12.8 Å². The van der Waals surface area contributed by atoms with Crippen molar-refractivity contribution in [1.82, 2.24) is 0 Å². The molecule has 1 fully saturated rings. The summed E-state index contributed by atoms with van der Waals surface area (Å²) in [5.74, 6) is 1.16. The fourth-order valence-corrected chi connectivity index (χ4v) is 4.22. The number of aryl methyl sites for hydroxylation is 1. The Labute approximate surface area is 162 Å². The average Bonchev–Trinajstić information content (AvgIpc) is 3.18. The second-order valence-corrected chi connectivity index (χ2v) is 7.85. The van der Waals surface area contributed by atoms with Crippen LogP contribution in [0.5, 0.6) is 5.75 Å². The van der Waals surface area contributed by atoms with Gasteiger partial charge in [-0.3, -0.25) is 0 Å². The lowest BCUT2D eigenvalue weighted by Gasteiger charge is -2.22. The number of phenols is 1. The van der Waals surface area contributed by atoms with Crippen LogP contribution in [0.15, 0.2) is 54.1 Å². The molecule has 27 heavy (non-hydrogen) atoms. The third kappa shape index (κ3) is 5.09. The standard InChI is InChI=1S/C25H30O2/c1-18-10-12-21(13-11-18)25(22-14-16-23(27)17-15-22)24(9-5-6-19(2)26)20-7-3-4-8-20/h10-17,20,27H,3-9H2,1-2H3/b25-24+. The summed E-state index contributed by atoms with van der Waals surface area (Å²) >= 11 is 0. The van der Waals surface area contributed by atoms with E-state index in [1.54, 1.807) is 19.1 Å². The summed E-state index contributed by atoms with van der Waals surface area (Å²) in [7, 11) is 0. The fourth-order valence-electron chi connectivity index (χ4n) is 4.22. The molecule has 0 aromatic heterocycles. The van der Waals surface area contributed by atoms with Crippen LogP contribution in [0.25, 0.3) is 5.57 Å².